The molecule has 4 rings (SSSR count). The number of nitrogens with zero attached hydrogens (tertiary/aromatic N) is 3. The second-order valence-corrected chi connectivity index (χ2v) is 9.63. The molecule has 178 valence electrons. The molecule has 1 aromatic carbocycles. The second-order valence-electron chi connectivity index (χ2n) is 9.63. The van der Waals surface area contributed by atoms with Crippen LogP contribution in [-0.2, 0) is 4.74 Å². The zero-order chi connectivity index (χ0) is 23.4. The molecule has 0 aliphatic heterocycles. The molecule has 8 heteroatoms. The van der Waals surface area contributed by atoms with Crippen LogP contribution in [0.3, 0.4) is 0 Å². The molecule has 1 fully saturated rings. The number of ether oxygens (including phenoxy) is 2. The Balaban J connectivity index is 1.68. The quantitative estimate of drug-likeness (QED) is 0.323. The number of H-pyrrole nitrogens is 1. The van der Waals surface area contributed by atoms with Crippen LogP contribution in [0.5, 0.6) is 5.75 Å². The lowest BCUT2D eigenvalue weighted by atomic mass is 10.0. The number of unbranched alkanes of at least 4 members (excludes halogenated alkanes) is 1. The first-order chi connectivity index (χ1) is 15.9. The highest BCUT2D eigenvalue weighted by atomic mass is 16.5. The van der Waals surface area contributed by atoms with E-state index in [-0.39, 0.29) is 11.7 Å². The molecule has 1 unspecified atom stereocenters. The van der Waals surface area contributed by atoms with Crippen LogP contribution in [-0.4, -0.2) is 38.4 Å². The van der Waals surface area contributed by atoms with Crippen LogP contribution in [0.25, 0.3) is 10.9 Å². The zero-order valence-corrected chi connectivity index (χ0v) is 20.4. The molecule has 2 aromatic heterocycles. The lowest BCUT2D eigenvalue weighted by Gasteiger charge is -2.27. The highest BCUT2D eigenvalue weighted by Crippen LogP contribution is 2.37. The van der Waals surface area contributed by atoms with E-state index in [1.807, 2.05) is 19.1 Å². The van der Waals surface area contributed by atoms with Crippen molar-refractivity contribution in [1.29, 1.82) is 0 Å². The molecule has 1 atom stereocenters. The predicted molar refractivity (Wildman–Crippen MR) is 132 cm³/mol. The van der Waals surface area contributed by atoms with Crippen molar-refractivity contribution >= 4 is 28.2 Å². The number of anilines is 3. The van der Waals surface area contributed by atoms with Gasteiger partial charge < -0.3 is 20.1 Å². The molecule has 3 aromatic rings. The third kappa shape index (κ3) is 6.13. The first-order valence-corrected chi connectivity index (χ1v) is 12.0. The van der Waals surface area contributed by atoms with Crippen molar-refractivity contribution in [2.45, 2.75) is 84.5 Å². The molecule has 8 nitrogen and oxygen atoms in total. The van der Waals surface area contributed by atoms with Gasteiger partial charge in [0.25, 0.3) is 0 Å². The summed E-state index contributed by atoms with van der Waals surface area (Å²) in [5.74, 6) is 2.29. The van der Waals surface area contributed by atoms with Gasteiger partial charge in [-0.15, -0.1) is 0 Å². The summed E-state index contributed by atoms with van der Waals surface area (Å²) in [5, 5.41) is 15.7. The van der Waals surface area contributed by atoms with E-state index in [1.54, 1.807) is 6.33 Å². The van der Waals surface area contributed by atoms with Crippen LogP contribution in [0, 0.1) is 0 Å². The largest absolute Gasteiger partial charge is 0.492 e. The van der Waals surface area contributed by atoms with E-state index in [9.17, 15) is 0 Å². The number of aromatic nitrogens is 4. The Labute approximate surface area is 195 Å². The van der Waals surface area contributed by atoms with Crippen molar-refractivity contribution in [1.82, 2.24) is 20.2 Å². The smallest absolute Gasteiger partial charge is 0.144 e. The van der Waals surface area contributed by atoms with E-state index in [0.29, 0.717) is 18.5 Å². The van der Waals surface area contributed by atoms with Gasteiger partial charge in [-0.1, -0.05) is 19.8 Å². The highest BCUT2D eigenvalue weighted by Gasteiger charge is 2.25. The van der Waals surface area contributed by atoms with Gasteiger partial charge in [0.1, 0.15) is 29.8 Å². The number of hydrogen-bond acceptors (Lipinski definition) is 7. The van der Waals surface area contributed by atoms with E-state index in [1.165, 1.54) is 12.8 Å². The molecule has 1 aliphatic rings. The average molecular weight is 453 g/mol. The van der Waals surface area contributed by atoms with E-state index < -0.39 is 0 Å². The fraction of sp³-hybridized carbons (Fsp3) is 0.560. The molecule has 33 heavy (non-hydrogen) atoms. The molecule has 0 amide bonds. The molecule has 3 N–H and O–H groups in total. The average Bonchev–Trinajstić information content (AvgIpc) is 3.48. The monoisotopic (exact) mass is 452 g/mol. The summed E-state index contributed by atoms with van der Waals surface area (Å²) in [6.45, 7) is 11.0. The SMILES string of the molecule is CCCCC(OC(C)(C)C)c1n[nH]c2cc(OCC)c(Nc3cc(NC4CC4)ncn3)cc12. The maximum Gasteiger partial charge on any atom is 0.144 e. The fourth-order valence-electron chi connectivity index (χ4n) is 3.83. The minimum Gasteiger partial charge on any atom is -0.492 e. The predicted octanol–water partition coefficient (Wildman–Crippen LogP) is 6.12. The Morgan fingerprint density at radius 3 is 2.61 bits per heavy atom. The van der Waals surface area contributed by atoms with E-state index in [0.717, 1.165) is 53.1 Å². The maximum atomic E-state index is 6.42. The zero-order valence-electron chi connectivity index (χ0n) is 20.4. The highest BCUT2D eigenvalue weighted by molar-refractivity contribution is 5.89. The molecular formula is C25H36N6O2. The first-order valence-electron chi connectivity index (χ1n) is 12.0. The van der Waals surface area contributed by atoms with Gasteiger partial charge in [-0.25, -0.2) is 9.97 Å². The Morgan fingerprint density at radius 2 is 1.91 bits per heavy atom. The van der Waals surface area contributed by atoms with E-state index in [2.05, 4.69) is 64.6 Å². The Kier molecular flexibility index (Phi) is 7.02. The molecule has 0 saturated heterocycles. The number of nitrogens with one attached hydrogen (secondary N) is 3. The van der Waals surface area contributed by atoms with Crippen LogP contribution >= 0.6 is 0 Å². The van der Waals surface area contributed by atoms with Gasteiger partial charge in [-0.3, -0.25) is 5.10 Å². The molecule has 1 saturated carbocycles. The van der Waals surface area contributed by atoms with Gasteiger partial charge in [0.05, 0.1) is 29.1 Å². The summed E-state index contributed by atoms with van der Waals surface area (Å²) in [7, 11) is 0. The second kappa shape index (κ2) is 9.95. The summed E-state index contributed by atoms with van der Waals surface area (Å²) in [6.07, 6.45) is 6.98. The van der Waals surface area contributed by atoms with Crippen molar-refractivity contribution in [2.24, 2.45) is 0 Å². The van der Waals surface area contributed by atoms with E-state index >= 15 is 0 Å². The van der Waals surface area contributed by atoms with Gasteiger partial charge >= 0.3 is 0 Å². The third-order valence-corrected chi connectivity index (χ3v) is 5.47. The van der Waals surface area contributed by atoms with Crippen molar-refractivity contribution < 1.29 is 9.47 Å². The van der Waals surface area contributed by atoms with Gasteiger partial charge in [0.2, 0.25) is 0 Å². The molecule has 2 heterocycles. The fourth-order valence-corrected chi connectivity index (χ4v) is 3.83. The standard InChI is InChI=1S/C25H36N6O2/c1-6-8-9-20(33-25(3,4)5)24-17-12-19(21(32-7-2)13-18(17)30-31-24)29-23-14-22(26-15-27-23)28-16-10-11-16/h12-16,20H,6-11H2,1-5H3,(H,30,31)(H2,26,27,28,29). The Morgan fingerprint density at radius 1 is 1.12 bits per heavy atom. The van der Waals surface area contributed by atoms with Crippen LogP contribution in [0.4, 0.5) is 17.3 Å². The molecule has 0 radical (unpaired) electrons. The maximum absolute atomic E-state index is 6.42. The lowest BCUT2D eigenvalue weighted by Crippen LogP contribution is -2.23. The van der Waals surface area contributed by atoms with Crippen molar-refractivity contribution in [2.75, 3.05) is 17.2 Å². The third-order valence-electron chi connectivity index (χ3n) is 5.47. The first kappa shape index (κ1) is 23.3. The van der Waals surface area contributed by atoms with Gasteiger partial charge in [-0.05, 0) is 53.0 Å². The minimum absolute atomic E-state index is 0.0853. The van der Waals surface area contributed by atoms with Crippen LogP contribution in [0.2, 0.25) is 0 Å². The molecular weight excluding hydrogens is 416 g/mol. The number of rotatable bonds is 11. The van der Waals surface area contributed by atoms with Crippen molar-refractivity contribution in [3.8, 4) is 5.75 Å². The van der Waals surface area contributed by atoms with E-state index in [4.69, 9.17) is 9.47 Å². The normalized spacial score (nSPS) is 14.9. The van der Waals surface area contributed by atoms with Gasteiger partial charge in [0.15, 0.2) is 0 Å². The molecule has 1 aliphatic carbocycles. The lowest BCUT2D eigenvalue weighted by molar-refractivity contribution is -0.0670. The van der Waals surface area contributed by atoms with Crippen molar-refractivity contribution in [3.05, 3.63) is 30.2 Å². The summed E-state index contributed by atoms with van der Waals surface area (Å²) in [6, 6.07) is 6.54. The topological polar surface area (TPSA) is 97.0 Å². The number of hydrogen-bond donors (Lipinski definition) is 3. The number of benzene rings is 1. The van der Waals surface area contributed by atoms with Crippen LogP contribution in [0.1, 0.15) is 78.5 Å². The van der Waals surface area contributed by atoms with Gasteiger partial charge in [0, 0.05) is 23.6 Å². The molecule has 0 bridgehead atoms. The minimum atomic E-state index is -0.262. The summed E-state index contributed by atoms with van der Waals surface area (Å²) < 4.78 is 12.4. The van der Waals surface area contributed by atoms with Crippen LogP contribution in [0.15, 0.2) is 24.5 Å². The summed E-state index contributed by atoms with van der Waals surface area (Å²) in [4.78, 5) is 8.75. The number of fused-ring (bicyclic) bond motifs is 1. The summed E-state index contributed by atoms with van der Waals surface area (Å²) >= 11 is 0. The van der Waals surface area contributed by atoms with Gasteiger partial charge in [-0.2, -0.15) is 5.10 Å². The molecule has 0 spiro atoms. The summed E-state index contributed by atoms with van der Waals surface area (Å²) in [5.41, 5.74) is 2.44. The van der Waals surface area contributed by atoms with Crippen LogP contribution < -0.4 is 15.4 Å². The van der Waals surface area contributed by atoms with Crippen molar-refractivity contribution in [3.63, 3.8) is 0 Å². The Hall–Kier alpha value is -2.87. The number of aromatic amines is 1. The Bertz CT molecular complexity index is 1070.